The molecule has 2 atom stereocenters. The molecule has 0 saturated carbocycles. The van der Waals surface area contributed by atoms with Crippen molar-refractivity contribution < 1.29 is 23.9 Å². The second-order valence-electron chi connectivity index (χ2n) is 7.41. The van der Waals surface area contributed by atoms with Crippen LogP contribution in [0.3, 0.4) is 0 Å². The molecule has 4 rings (SSSR count). The molecule has 8 heteroatoms. The van der Waals surface area contributed by atoms with Gasteiger partial charge in [0, 0.05) is 12.8 Å². The molecule has 1 N–H and O–H groups in total. The Labute approximate surface area is 179 Å². The Balaban J connectivity index is 1.51. The van der Waals surface area contributed by atoms with E-state index >= 15 is 0 Å². The number of ether oxygens (including phenoxy) is 2. The zero-order valence-corrected chi connectivity index (χ0v) is 17.1. The van der Waals surface area contributed by atoms with Gasteiger partial charge in [0.1, 0.15) is 11.8 Å². The number of rotatable bonds is 6. The maximum absolute atomic E-state index is 12.9. The lowest BCUT2D eigenvalue weighted by Crippen LogP contribution is -2.37. The molecule has 1 fully saturated rings. The Morgan fingerprint density at radius 2 is 1.87 bits per heavy atom. The van der Waals surface area contributed by atoms with Crippen LogP contribution in [0.5, 0.6) is 5.75 Å². The molecule has 0 bridgehead atoms. The average molecular weight is 421 g/mol. The van der Waals surface area contributed by atoms with Crippen molar-refractivity contribution in [3.05, 3.63) is 65.7 Å². The molecule has 2 amide bonds. The van der Waals surface area contributed by atoms with Crippen molar-refractivity contribution in [3.8, 4) is 5.75 Å². The minimum Gasteiger partial charge on any atom is -0.497 e. The summed E-state index contributed by atoms with van der Waals surface area (Å²) in [7, 11) is 1.60. The summed E-state index contributed by atoms with van der Waals surface area (Å²) in [4.78, 5) is 36.4. The fourth-order valence-electron chi connectivity index (χ4n) is 3.72. The van der Waals surface area contributed by atoms with Gasteiger partial charge in [0.05, 0.1) is 18.9 Å². The third-order valence-electron chi connectivity index (χ3n) is 5.39. The van der Waals surface area contributed by atoms with E-state index in [0.29, 0.717) is 12.8 Å². The first-order valence-electron chi connectivity index (χ1n) is 10.1. The minimum atomic E-state index is -0.695. The molecule has 2 heterocycles. The van der Waals surface area contributed by atoms with Gasteiger partial charge in [0.25, 0.3) is 5.91 Å². The normalized spacial score (nSPS) is 20.2. The van der Waals surface area contributed by atoms with E-state index in [1.807, 2.05) is 54.6 Å². The topological polar surface area (TPSA) is 97.3 Å². The van der Waals surface area contributed by atoms with Crippen LogP contribution in [-0.2, 0) is 19.1 Å². The Morgan fingerprint density at radius 1 is 1.13 bits per heavy atom. The van der Waals surface area contributed by atoms with Gasteiger partial charge in [0.2, 0.25) is 5.91 Å². The second-order valence-corrected chi connectivity index (χ2v) is 7.41. The molecule has 31 heavy (non-hydrogen) atoms. The number of benzene rings is 2. The lowest BCUT2D eigenvalue weighted by Gasteiger charge is -2.22. The lowest BCUT2D eigenvalue weighted by molar-refractivity contribution is -0.154. The van der Waals surface area contributed by atoms with Crippen LogP contribution in [0.1, 0.15) is 36.4 Å². The van der Waals surface area contributed by atoms with E-state index in [1.54, 1.807) is 7.11 Å². The summed E-state index contributed by atoms with van der Waals surface area (Å²) < 4.78 is 10.4. The van der Waals surface area contributed by atoms with E-state index in [1.165, 1.54) is 5.01 Å². The lowest BCUT2D eigenvalue weighted by atomic mass is 9.98. The van der Waals surface area contributed by atoms with E-state index in [2.05, 4.69) is 10.4 Å². The number of methoxy groups -OCH3 is 1. The van der Waals surface area contributed by atoms with Crippen LogP contribution in [-0.4, -0.2) is 48.3 Å². The number of carbonyl (C=O) groups excluding carboxylic acids is 3. The first kappa shape index (κ1) is 20.6. The summed E-state index contributed by atoms with van der Waals surface area (Å²) in [5, 5.41) is 8.48. The highest BCUT2D eigenvalue weighted by Gasteiger charge is 2.34. The minimum absolute atomic E-state index is 0.190. The quantitative estimate of drug-likeness (QED) is 0.721. The number of nitrogens with zero attached hydrogens (tertiary/aromatic N) is 2. The fourth-order valence-corrected chi connectivity index (χ4v) is 3.72. The molecule has 0 aliphatic carbocycles. The zero-order valence-electron chi connectivity index (χ0n) is 17.1. The number of hydrogen-bond donors (Lipinski definition) is 1. The van der Waals surface area contributed by atoms with Crippen molar-refractivity contribution in [2.24, 2.45) is 5.10 Å². The predicted octanol–water partition coefficient (Wildman–Crippen LogP) is 2.19. The number of esters is 1. The van der Waals surface area contributed by atoms with Crippen LogP contribution >= 0.6 is 0 Å². The smallest absolute Gasteiger partial charge is 0.329 e. The number of nitrogens with one attached hydrogen (secondary N) is 1. The van der Waals surface area contributed by atoms with E-state index in [4.69, 9.17) is 9.47 Å². The SMILES string of the molecule is COc1ccc([C@H]2CC(c3ccccc3)=NN2C(=O)COC(=O)[C@H]2CCC(=O)N2)cc1. The molecule has 160 valence electrons. The molecule has 2 aliphatic heterocycles. The van der Waals surface area contributed by atoms with E-state index in [0.717, 1.165) is 22.6 Å². The largest absolute Gasteiger partial charge is 0.497 e. The third kappa shape index (κ3) is 4.58. The molecular weight excluding hydrogens is 398 g/mol. The molecule has 1 saturated heterocycles. The average Bonchev–Trinajstić information content (AvgIpc) is 3.45. The standard InChI is InChI=1S/C23H23N3O5/c1-30-17-9-7-16(8-10-17)20-13-19(15-5-3-2-4-6-15)25-26(20)22(28)14-31-23(29)18-11-12-21(27)24-18/h2-10,18,20H,11-14H2,1H3,(H,24,27)/t18-,20-/m1/s1. The molecule has 8 nitrogen and oxygen atoms in total. The monoisotopic (exact) mass is 421 g/mol. The van der Waals surface area contributed by atoms with Gasteiger partial charge in [-0.1, -0.05) is 42.5 Å². The van der Waals surface area contributed by atoms with Crippen LogP contribution in [0.25, 0.3) is 0 Å². The number of carbonyl (C=O) groups is 3. The van der Waals surface area contributed by atoms with E-state index < -0.39 is 24.5 Å². The van der Waals surface area contributed by atoms with Crippen molar-refractivity contribution in [3.63, 3.8) is 0 Å². The first-order chi connectivity index (χ1) is 15.0. The maximum atomic E-state index is 12.9. The maximum Gasteiger partial charge on any atom is 0.329 e. The molecular formula is C23H23N3O5. The summed E-state index contributed by atoms with van der Waals surface area (Å²) in [6, 6.07) is 16.1. The number of amides is 2. The van der Waals surface area contributed by atoms with Crippen molar-refractivity contribution in [2.45, 2.75) is 31.3 Å². The van der Waals surface area contributed by atoms with E-state index in [-0.39, 0.29) is 18.4 Å². The highest BCUT2D eigenvalue weighted by Crippen LogP contribution is 2.33. The zero-order chi connectivity index (χ0) is 21.8. The molecule has 0 unspecified atom stereocenters. The Morgan fingerprint density at radius 3 is 2.52 bits per heavy atom. The Hall–Kier alpha value is -3.68. The van der Waals surface area contributed by atoms with Crippen LogP contribution in [0.2, 0.25) is 0 Å². The summed E-state index contributed by atoms with van der Waals surface area (Å²) in [5.74, 6) is -0.503. The number of hydrazone groups is 1. The van der Waals surface area contributed by atoms with Crippen molar-refractivity contribution in [2.75, 3.05) is 13.7 Å². The van der Waals surface area contributed by atoms with Crippen LogP contribution < -0.4 is 10.1 Å². The summed E-state index contributed by atoms with van der Waals surface area (Å²) >= 11 is 0. The van der Waals surface area contributed by atoms with Crippen LogP contribution in [0.15, 0.2) is 59.7 Å². The fraction of sp³-hybridized carbons (Fsp3) is 0.304. The highest BCUT2D eigenvalue weighted by atomic mass is 16.5. The Bertz CT molecular complexity index is 1000. The second kappa shape index (κ2) is 8.99. The van der Waals surface area contributed by atoms with Gasteiger partial charge < -0.3 is 14.8 Å². The van der Waals surface area contributed by atoms with Gasteiger partial charge in [-0.3, -0.25) is 9.59 Å². The summed E-state index contributed by atoms with van der Waals surface area (Å²) in [6.07, 6.45) is 1.19. The number of hydrogen-bond acceptors (Lipinski definition) is 6. The van der Waals surface area contributed by atoms with Crippen molar-refractivity contribution in [1.29, 1.82) is 0 Å². The molecule has 2 aromatic carbocycles. The predicted molar refractivity (Wildman–Crippen MR) is 112 cm³/mol. The molecule has 2 aromatic rings. The summed E-state index contributed by atoms with van der Waals surface area (Å²) in [6.45, 7) is -0.441. The van der Waals surface area contributed by atoms with Gasteiger partial charge in [0.15, 0.2) is 6.61 Å². The van der Waals surface area contributed by atoms with Gasteiger partial charge >= 0.3 is 5.97 Å². The van der Waals surface area contributed by atoms with Gasteiger partial charge in [-0.15, -0.1) is 0 Å². The molecule has 0 radical (unpaired) electrons. The molecule has 0 spiro atoms. The summed E-state index contributed by atoms with van der Waals surface area (Å²) in [5.41, 5.74) is 2.62. The van der Waals surface area contributed by atoms with Gasteiger partial charge in [-0.05, 0) is 29.7 Å². The van der Waals surface area contributed by atoms with Gasteiger partial charge in [-0.25, -0.2) is 9.80 Å². The Kier molecular flexibility index (Phi) is 5.97. The van der Waals surface area contributed by atoms with Crippen LogP contribution in [0, 0.1) is 0 Å². The molecule has 0 aromatic heterocycles. The first-order valence-corrected chi connectivity index (χ1v) is 10.1. The van der Waals surface area contributed by atoms with Crippen molar-refractivity contribution >= 4 is 23.5 Å². The third-order valence-corrected chi connectivity index (χ3v) is 5.39. The van der Waals surface area contributed by atoms with Gasteiger partial charge in [-0.2, -0.15) is 5.10 Å². The molecule has 2 aliphatic rings. The van der Waals surface area contributed by atoms with Crippen molar-refractivity contribution in [1.82, 2.24) is 10.3 Å². The highest BCUT2D eigenvalue weighted by molar-refractivity contribution is 6.03. The van der Waals surface area contributed by atoms with E-state index in [9.17, 15) is 14.4 Å². The van der Waals surface area contributed by atoms with Crippen LogP contribution in [0.4, 0.5) is 0 Å².